The van der Waals surface area contributed by atoms with Crippen molar-refractivity contribution < 1.29 is 18.7 Å². The number of carbonyl (C=O) groups is 2. The normalized spacial score (nSPS) is 10.6. The minimum atomic E-state index is -0.285. The summed E-state index contributed by atoms with van der Waals surface area (Å²) in [5.41, 5.74) is 2.84. The smallest absolute Gasteiger partial charge is 0.305 e. The van der Waals surface area contributed by atoms with E-state index in [-0.39, 0.29) is 30.7 Å². The van der Waals surface area contributed by atoms with Crippen LogP contribution in [0.5, 0.6) is 0 Å². The first-order chi connectivity index (χ1) is 12.0. The van der Waals surface area contributed by atoms with Crippen LogP contribution in [0.2, 0.25) is 0 Å². The van der Waals surface area contributed by atoms with Gasteiger partial charge in [0.05, 0.1) is 20.1 Å². The number of benzene rings is 1. The number of hydrogen-bond acceptors (Lipinski definition) is 4. The predicted octanol–water partition coefficient (Wildman–Crippen LogP) is 3.77. The highest BCUT2D eigenvalue weighted by Gasteiger charge is 2.20. The minimum absolute atomic E-state index is 0.107. The Balaban J connectivity index is 2.20. The van der Waals surface area contributed by atoms with Crippen LogP contribution < -0.4 is 4.90 Å². The second-order valence-electron chi connectivity index (χ2n) is 5.80. The van der Waals surface area contributed by atoms with Crippen LogP contribution in [0.4, 0.5) is 5.69 Å². The molecule has 1 aromatic carbocycles. The molecule has 134 valence electrons. The van der Waals surface area contributed by atoms with Crippen LogP contribution in [-0.2, 0) is 27.3 Å². The van der Waals surface area contributed by atoms with Gasteiger partial charge in [-0.25, -0.2) is 0 Å². The molecule has 1 aromatic heterocycles. The number of methoxy groups -OCH3 is 1. The molecule has 2 aromatic rings. The Morgan fingerprint density at radius 2 is 1.76 bits per heavy atom. The zero-order chi connectivity index (χ0) is 18.4. The van der Waals surface area contributed by atoms with Crippen LogP contribution in [0.3, 0.4) is 0 Å². The minimum Gasteiger partial charge on any atom is -0.469 e. The topological polar surface area (TPSA) is 59.8 Å². The summed E-state index contributed by atoms with van der Waals surface area (Å²) in [5, 5.41) is 0. The van der Waals surface area contributed by atoms with Gasteiger partial charge < -0.3 is 14.1 Å². The van der Waals surface area contributed by atoms with Gasteiger partial charge in [0, 0.05) is 12.1 Å². The lowest BCUT2D eigenvalue weighted by Gasteiger charge is -2.24. The highest BCUT2D eigenvalue weighted by Crippen LogP contribution is 2.27. The fourth-order valence-electron chi connectivity index (χ4n) is 2.72. The molecule has 6 heteroatoms. The number of rotatable bonds is 7. The summed E-state index contributed by atoms with van der Waals surface area (Å²) in [6, 6.07) is 9.50. The molecule has 0 spiro atoms. The second-order valence-corrected chi connectivity index (χ2v) is 6.07. The van der Waals surface area contributed by atoms with Crippen LogP contribution >= 0.6 is 11.6 Å². The van der Waals surface area contributed by atoms with Gasteiger partial charge >= 0.3 is 5.97 Å². The molecule has 0 aliphatic heterocycles. The standard InChI is InChI=1S/C19H22ClNO4/c1-13-5-4-6-14(2)19(13)21(17(22)11-20)12-16-8-7-15(25-16)9-10-18(23)24-3/h4-8H,9-12H2,1-3H3. The molecular weight excluding hydrogens is 342 g/mol. The zero-order valence-corrected chi connectivity index (χ0v) is 15.4. The van der Waals surface area contributed by atoms with Crippen LogP contribution in [-0.4, -0.2) is 24.9 Å². The van der Waals surface area contributed by atoms with Crippen LogP contribution in [0.25, 0.3) is 0 Å². The molecule has 0 radical (unpaired) electrons. The monoisotopic (exact) mass is 363 g/mol. The van der Waals surface area contributed by atoms with E-state index in [9.17, 15) is 9.59 Å². The predicted molar refractivity (Wildman–Crippen MR) is 96.9 cm³/mol. The first-order valence-electron chi connectivity index (χ1n) is 8.03. The Morgan fingerprint density at radius 1 is 1.12 bits per heavy atom. The molecule has 0 N–H and O–H groups in total. The van der Waals surface area contributed by atoms with Gasteiger partial charge in [-0.05, 0) is 37.1 Å². The maximum absolute atomic E-state index is 12.4. The van der Waals surface area contributed by atoms with Gasteiger partial charge in [-0.3, -0.25) is 9.59 Å². The lowest BCUT2D eigenvalue weighted by atomic mass is 10.1. The molecule has 0 saturated heterocycles. The Kier molecular flexibility index (Phi) is 6.65. The van der Waals surface area contributed by atoms with Crippen molar-refractivity contribution in [2.24, 2.45) is 0 Å². The highest BCUT2D eigenvalue weighted by molar-refractivity contribution is 6.29. The first kappa shape index (κ1) is 19.1. The van der Waals surface area contributed by atoms with E-state index in [0.717, 1.165) is 16.8 Å². The van der Waals surface area contributed by atoms with E-state index in [1.54, 1.807) is 4.90 Å². The number of anilines is 1. The van der Waals surface area contributed by atoms with E-state index in [0.29, 0.717) is 17.9 Å². The SMILES string of the molecule is COC(=O)CCc1ccc(CN(C(=O)CCl)c2c(C)cccc2C)o1. The van der Waals surface area contributed by atoms with E-state index >= 15 is 0 Å². The number of alkyl halides is 1. The van der Waals surface area contributed by atoms with Crippen LogP contribution in [0, 0.1) is 13.8 Å². The number of esters is 1. The Morgan fingerprint density at radius 3 is 2.36 bits per heavy atom. The van der Waals surface area contributed by atoms with Crippen molar-refractivity contribution in [3.8, 4) is 0 Å². The van der Waals surface area contributed by atoms with Crippen molar-refractivity contribution in [2.75, 3.05) is 17.9 Å². The Hall–Kier alpha value is -2.27. The van der Waals surface area contributed by atoms with Gasteiger partial charge in [0.15, 0.2) is 0 Å². The largest absolute Gasteiger partial charge is 0.469 e. The third kappa shape index (κ3) is 4.86. The van der Waals surface area contributed by atoms with Gasteiger partial charge in [-0.1, -0.05) is 18.2 Å². The lowest BCUT2D eigenvalue weighted by Crippen LogP contribution is -2.32. The van der Waals surface area contributed by atoms with Crippen molar-refractivity contribution in [3.05, 3.63) is 53.0 Å². The fraction of sp³-hybridized carbons (Fsp3) is 0.368. The molecule has 1 heterocycles. The molecular formula is C19H22ClNO4. The number of ether oxygens (including phenoxy) is 1. The number of furan rings is 1. The van der Waals surface area contributed by atoms with Gasteiger partial charge in [0.25, 0.3) is 0 Å². The summed E-state index contributed by atoms with van der Waals surface area (Å²) >= 11 is 5.80. The Labute approximate surface area is 152 Å². The van der Waals surface area contributed by atoms with Crippen LogP contribution in [0.15, 0.2) is 34.7 Å². The molecule has 0 atom stereocenters. The molecule has 5 nitrogen and oxygen atoms in total. The van der Waals surface area contributed by atoms with Crippen molar-refractivity contribution >= 4 is 29.2 Å². The van der Waals surface area contributed by atoms with Crippen molar-refractivity contribution in [1.29, 1.82) is 0 Å². The van der Waals surface area contributed by atoms with Gasteiger partial charge in [-0.2, -0.15) is 0 Å². The van der Waals surface area contributed by atoms with Gasteiger partial charge in [0.2, 0.25) is 5.91 Å². The number of para-hydroxylation sites is 1. The molecule has 0 aliphatic rings. The summed E-state index contributed by atoms with van der Waals surface area (Å²) in [5.74, 6) is 0.740. The van der Waals surface area contributed by atoms with Crippen molar-refractivity contribution in [1.82, 2.24) is 0 Å². The summed E-state index contributed by atoms with van der Waals surface area (Å²) in [7, 11) is 1.36. The summed E-state index contributed by atoms with van der Waals surface area (Å²) in [6.45, 7) is 4.21. The first-order valence-corrected chi connectivity index (χ1v) is 8.56. The maximum Gasteiger partial charge on any atom is 0.305 e. The van der Waals surface area contributed by atoms with E-state index in [1.807, 2.05) is 44.2 Å². The van der Waals surface area contributed by atoms with E-state index in [1.165, 1.54) is 7.11 Å². The van der Waals surface area contributed by atoms with E-state index in [4.69, 9.17) is 16.0 Å². The molecule has 0 unspecified atom stereocenters. The number of aryl methyl sites for hydroxylation is 3. The van der Waals surface area contributed by atoms with Crippen LogP contribution in [0.1, 0.15) is 29.1 Å². The quantitative estimate of drug-likeness (QED) is 0.555. The molecule has 1 amide bonds. The maximum atomic E-state index is 12.4. The van der Waals surface area contributed by atoms with Gasteiger partial charge in [-0.15, -0.1) is 11.6 Å². The molecule has 0 bridgehead atoms. The Bertz CT molecular complexity index is 733. The van der Waals surface area contributed by atoms with E-state index in [2.05, 4.69) is 4.74 Å². The molecule has 0 fully saturated rings. The number of halogens is 1. The molecule has 0 saturated carbocycles. The number of nitrogens with zero attached hydrogens (tertiary/aromatic N) is 1. The number of hydrogen-bond donors (Lipinski definition) is 0. The molecule has 0 aliphatic carbocycles. The average molecular weight is 364 g/mol. The lowest BCUT2D eigenvalue weighted by molar-refractivity contribution is -0.140. The zero-order valence-electron chi connectivity index (χ0n) is 14.7. The summed E-state index contributed by atoms with van der Waals surface area (Å²) in [4.78, 5) is 25.2. The third-order valence-electron chi connectivity index (χ3n) is 3.96. The second kappa shape index (κ2) is 8.72. The molecule has 2 rings (SSSR count). The average Bonchev–Trinajstić information content (AvgIpc) is 3.05. The highest BCUT2D eigenvalue weighted by atomic mass is 35.5. The van der Waals surface area contributed by atoms with Crippen molar-refractivity contribution in [2.45, 2.75) is 33.2 Å². The fourth-order valence-corrected chi connectivity index (χ4v) is 2.86. The third-order valence-corrected chi connectivity index (χ3v) is 4.19. The van der Waals surface area contributed by atoms with Gasteiger partial charge in [0.1, 0.15) is 17.4 Å². The van der Waals surface area contributed by atoms with E-state index < -0.39 is 0 Å². The molecule has 25 heavy (non-hydrogen) atoms. The number of amides is 1. The summed E-state index contributed by atoms with van der Waals surface area (Å²) in [6.07, 6.45) is 0.712. The van der Waals surface area contributed by atoms with Crippen molar-refractivity contribution in [3.63, 3.8) is 0 Å². The summed E-state index contributed by atoms with van der Waals surface area (Å²) < 4.78 is 10.4. The number of carbonyl (C=O) groups excluding carboxylic acids is 2.